The van der Waals surface area contributed by atoms with Gasteiger partial charge in [0.2, 0.25) is 0 Å². The van der Waals surface area contributed by atoms with E-state index in [1.807, 2.05) is 12.1 Å². The van der Waals surface area contributed by atoms with E-state index in [-0.39, 0.29) is 5.82 Å². The Bertz CT molecular complexity index is 656. The van der Waals surface area contributed by atoms with Gasteiger partial charge in [-0.25, -0.2) is 4.39 Å². The number of rotatable bonds is 5. The van der Waals surface area contributed by atoms with Crippen LogP contribution in [0.2, 0.25) is 0 Å². The van der Waals surface area contributed by atoms with Gasteiger partial charge in [0.05, 0.1) is 0 Å². The first-order valence-electron chi connectivity index (χ1n) is 6.77. The molecule has 1 N–H and O–H groups in total. The van der Waals surface area contributed by atoms with E-state index in [0.717, 1.165) is 0 Å². The third-order valence-electron chi connectivity index (χ3n) is 2.98. The Balaban J connectivity index is 2.08. The van der Waals surface area contributed by atoms with Crippen LogP contribution in [-0.4, -0.2) is 6.66 Å². The fourth-order valence-electron chi connectivity index (χ4n) is 1.93. The number of benzene rings is 2. The van der Waals surface area contributed by atoms with Gasteiger partial charge in [-0.2, -0.15) is 0 Å². The SMILES string of the molecule is CC(C)c1ccc(OP(C)(=O)Nc2cccc(F)c2)cc1. The Morgan fingerprint density at radius 2 is 1.81 bits per heavy atom. The van der Waals surface area contributed by atoms with Gasteiger partial charge in [0.25, 0.3) is 0 Å². The van der Waals surface area contributed by atoms with E-state index in [2.05, 4.69) is 18.9 Å². The lowest BCUT2D eigenvalue weighted by atomic mass is 10.0. The van der Waals surface area contributed by atoms with Gasteiger partial charge in [-0.05, 0) is 41.8 Å². The van der Waals surface area contributed by atoms with Crippen LogP contribution in [0.4, 0.5) is 10.1 Å². The molecule has 0 saturated carbocycles. The number of anilines is 1. The zero-order valence-corrected chi connectivity index (χ0v) is 13.2. The molecule has 2 aromatic carbocycles. The standard InChI is InChI=1S/C16H19FNO2P/c1-12(2)13-7-9-16(10-8-13)20-21(3,19)18-15-6-4-5-14(17)11-15/h4-12H,1-3H3,(H,18,19). The molecule has 0 heterocycles. The van der Waals surface area contributed by atoms with E-state index in [1.165, 1.54) is 24.4 Å². The summed E-state index contributed by atoms with van der Waals surface area (Å²) < 4.78 is 31.0. The third-order valence-corrected chi connectivity index (χ3v) is 4.21. The highest BCUT2D eigenvalue weighted by Crippen LogP contribution is 2.43. The average molecular weight is 307 g/mol. The number of nitrogens with one attached hydrogen (secondary N) is 1. The van der Waals surface area contributed by atoms with Crippen molar-refractivity contribution in [1.29, 1.82) is 0 Å². The van der Waals surface area contributed by atoms with Gasteiger partial charge in [-0.15, -0.1) is 0 Å². The highest BCUT2D eigenvalue weighted by atomic mass is 31.2. The Labute approximate surface area is 124 Å². The number of hydrogen-bond donors (Lipinski definition) is 1. The van der Waals surface area contributed by atoms with Gasteiger partial charge < -0.3 is 9.61 Å². The molecule has 2 aromatic rings. The molecule has 0 spiro atoms. The molecular formula is C16H19FNO2P. The molecule has 0 aliphatic carbocycles. The summed E-state index contributed by atoms with van der Waals surface area (Å²) >= 11 is 0. The average Bonchev–Trinajstić information content (AvgIpc) is 2.38. The van der Waals surface area contributed by atoms with E-state index in [0.29, 0.717) is 17.4 Å². The van der Waals surface area contributed by atoms with Crippen molar-refractivity contribution >= 4 is 13.2 Å². The summed E-state index contributed by atoms with van der Waals surface area (Å²) in [5.41, 5.74) is 1.62. The Morgan fingerprint density at radius 3 is 2.38 bits per heavy atom. The summed E-state index contributed by atoms with van der Waals surface area (Å²) in [5, 5.41) is 2.74. The predicted octanol–water partition coefficient (Wildman–Crippen LogP) is 5.26. The maximum absolute atomic E-state index is 13.1. The van der Waals surface area contributed by atoms with Gasteiger partial charge in [-0.1, -0.05) is 32.0 Å². The summed E-state index contributed by atoms with van der Waals surface area (Å²) in [4.78, 5) is 0. The Kier molecular flexibility index (Phi) is 4.69. The third kappa shape index (κ3) is 4.61. The summed E-state index contributed by atoms with van der Waals surface area (Å²) in [6.07, 6.45) is 0. The first-order chi connectivity index (χ1) is 9.85. The van der Waals surface area contributed by atoms with Gasteiger partial charge in [0, 0.05) is 12.4 Å². The maximum Gasteiger partial charge on any atom is 0.338 e. The Morgan fingerprint density at radius 1 is 1.14 bits per heavy atom. The van der Waals surface area contributed by atoms with E-state index < -0.39 is 7.52 Å². The van der Waals surface area contributed by atoms with E-state index in [1.54, 1.807) is 24.3 Å². The lowest BCUT2D eigenvalue weighted by molar-refractivity contribution is 0.493. The van der Waals surface area contributed by atoms with E-state index >= 15 is 0 Å². The van der Waals surface area contributed by atoms with Gasteiger partial charge in [-0.3, -0.25) is 4.57 Å². The lowest BCUT2D eigenvalue weighted by Crippen LogP contribution is -2.02. The molecule has 0 radical (unpaired) electrons. The summed E-state index contributed by atoms with van der Waals surface area (Å²) in [5.74, 6) is 0.563. The van der Waals surface area contributed by atoms with Crippen molar-refractivity contribution in [3.8, 4) is 5.75 Å². The number of halogens is 1. The minimum Gasteiger partial charge on any atom is -0.429 e. The summed E-state index contributed by atoms with van der Waals surface area (Å²) in [7, 11) is -3.11. The molecule has 0 saturated heterocycles. The molecule has 0 aliphatic heterocycles. The van der Waals surface area contributed by atoms with Crippen molar-refractivity contribution in [1.82, 2.24) is 0 Å². The zero-order chi connectivity index (χ0) is 15.5. The van der Waals surface area contributed by atoms with Crippen molar-refractivity contribution in [3.63, 3.8) is 0 Å². The second kappa shape index (κ2) is 6.31. The van der Waals surface area contributed by atoms with Crippen LogP contribution in [0.15, 0.2) is 48.5 Å². The lowest BCUT2D eigenvalue weighted by Gasteiger charge is -2.18. The first kappa shape index (κ1) is 15.6. The van der Waals surface area contributed by atoms with Crippen molar-refractivity contribution < 1.29 is 13.5 Å². The van der Waals surface area contributed by atoms with Crippen molar-refractivity contribution in [3.05, 3.63) is 59.9 Å². The molecule has 0 bridgehead atoms. The molecule has 3 nitrogen and oxygen atoms in total. The number of hydrogen-bond acceptors (Lipinski definition) is 2. The molecule has 1 unspecified atom stereocenters. The maximum atomic E-state index is 13.1. The quantitative estimate of drug-likeness (QED) is 0.765. The largest absolute Gasteiger partial charge is 0.429 e. The van der Waals surface area contributed by atoms with Gasteiger partial charge in [0.15, 0.2) is 0 Å². The van der Waals surface area contributed by atoms with Crippen LogP contribution in [0.1, 0.15) is 25.3 Å². The topological polar surface area (TPSA) is 38.3 Å². The molecule has 112 valence electrons. The zero-order valence-electron chi connectivity index (χ0n) is 12.3. The normalized spacial score (nSPS) is 13.8. The van der Waals surface area contributed by atoms with Crippen molar-refractivity contribution in [2.24, 2.45) is 0 Å². The van der Waals surface area contributed by atoms with Crippen LogP contribution >= 0.6 is 7.52 Å². The fourth-order valence-corrected chi connectivity index (χ4v) is 3.11. The molecular weight excluding hydrogens is 288 g/mol. The highest BCUT2D eigenvalue weighted by Gasteiger charge is 2.17. The van der Waals surface area contributed by atoms with Crippen LogP contribution in [0.3, 0.4) is 0 Å². The van der Waals surface area contributed by atoms with Crippen LogP contribution in [0.5, 0.6) is 5.75 Å². The molecule has 0 aliphatic rings. The second-order valence-electron chi connectivity index (χ2n) is 5.28. The van der Waals surface area contributed by atoms with Crippen molar-refractivity contribution in [2.45, 2.75) is 19.8 Å². The van der Waals surface area contributed by atoms with Crippen LogP contribution < -0.4 is 9.61 Å². The summed E-state index contributed by atoms with van der Waals surface area (Å²) in [6, 6.07) is 13.3. The smallest absolute Gasteiger partial charge is 0.338 e. The molecule has 0 amide bonds. The fraction of sp³-hybridized carbons (Fsp3) is 0.250. The first-order valence-corrected chi connectivity index (χ1v) is 8.84. The molecule has 21 heavy (non-hydrogen) atoms. The van der Waals surface area contributed by atoms with Gasteiger partial charge >= 0.3 is 7.52 Å². The van der Waals surface area contributed by atoms with Crippen molar-refractivity contribution in [2.75, 3.05) is 11.8 Å². The molecule has 2 rings (SSSR count). The predicted molar refractivity (Wildman–Crippen MR) is 84.7 cm³/mol. The minimum absolute atomic E-state index is 0.388. The van der Waals surface area contributed by atoms with Crippen LogP contribution in [0.25, 0.3) is 0 Å². The van der Waals surface area contributed by atoms with E-state index in [4.69, 9.17) is 4.52 Å². The summed E-state index contributed by atoms with van der Waals surface area (Å²) in [6.45, 7) is 5.67. The Hall–Kier alpha value is -1.80. The van der Waals surface area contributed by atoms with Crippen LogP contribution in [-0.2, 0) is 4.57 Å². The van der Waals surface area contributed by atoms with Gasteiger partial charge in [0.1, 0.15) is 11.6 Å². The highest BCUT2D eigenvalue weighted by molar-refractivity contribution is 7.60. The molecule has 0 fully saturated rings. The minimum atomic E-state index is -3.11. The monoisotopic (exact) mass is 307 g/mol. The van der Waals surface area contributed by atoms with E-state index in [9.17, 15) is 8.96 Å². The van der Waals surface area contributed by atoms with Crippen LogP contribution in [0, 0.1) is 5.82 Å². The molecule has 0 aromatic heterocycles. The molecule has 5 heteroatoms. The second-order valence-corrected chi connectivity index (χ2v) is 7.38. The molecule has 1 atom stereocenters.